The minimum atomic E-state index is -0.456. The van der Waals surface area contributed by atoms with Crippen LogP contribution in [0.25, 0.3) is 0 Å². The Labute approximate surface area is 136 Å². The summed E-state index contributed by atoms with van der Waals surface area (Å²) in [5, 5.41) is 12.5. The number of amides is 1. The number of hydrogen-bond donors (Lipinski definition) is 1. The number of nitrogens with zero attached hydrogens (tertiary/aromatic N) is 2. The molecule has 1 amide bonds. The Morgan fingerprint density at radius 2 is 1.96 bits per heavy atom. The Balaban J connectivity index is 1.83. The monoisotopic (exact) mass is 317 g/mol. The van der Waals surface area contributed by atoms with Crippen LogP contribution in [0.1, 0.15) is 50.4 Å². The summed E-state index contributed by atoms with van der Waals surface area (Å²) in [5.41, 5.74) is 3.61. The van der Waals surface area contributed by atoms with Gasteiger partial charge in [0, 0.05) is 29.7 Å². The average molecular weight is 317 g/mol. The molecule has 2 aliphatic rings. The topological polar surface area (TPSA) is 75.5 Å². The first-order valence-electron chi connectivity index (χ1n) is 8.16. The highest BCUT2D eigenvalue weighted by molar-refractivity contribution is 5.94. The molecule has 6 nitrogen and oxygen atoms in total. The average Bonchev–Trinajstić information content (AvgIpc) is 2.77. The van der Waals surface area contributed by atoms with Gasteiger partial charge in [0.2, 0.25) is 0 Å². The largest absolute Gasteiger partial charge is 0.269 e. The van der Waals surface area contributed by atoms with Crippen molar-refractivity contribution in [3.05, 3.63) is 39.9 Å². The van der Waals surface area contributed by atoms with E-state index in [9.17, 15) is 14.9 Å². The third-order valence-electron chi connectivity index (χ3n) is 5.42. The fourth-order valence-electron chi connectivity index (χ4n) is 4.04. The molecule has 0 bridgehead atoms. The molecule has 6 heteroatoms. The van der Waals surface area contributed by atoms with Crippen LogP contribution in [0.15, 0.2) is 24.3 Å². The van der Waals surface area contributed by atoms with E-state index in [-0.39, 0.29) is 17.1 Å². The second-order valence-corrected chi connectivity index (χ2v) is 7.36. The molecule has 0 radical (unpaired) electrons. The highest BCUT2D eigenvalue weighted by atomic mass is 16.6. The summed E-state index contributed by atoms with van der Waals surface area (Å²) < 4.78 is 0. The number of carbonyl (C=O) groups excluding carboxylic acids is 1. The third-order valence-corrected chi connectivity index (χ3v) is 5.42. The molecule has 0 aromatic heterocycles. The molecule has 1 N–H and O–H groups in total. The highest BCUT2D eigenvalue weighted by Crippen LogP contribution is 2.43. The van der Waals surface area contributed by atoms with E-state index in [0.29, 0.717) is 23.4 Å². The maximum Gasteiger partial charge on any atom is 0.269 e. The summed E-state index contributed by atoms with van der Waals surface area (Å²) in [6.45, 7) is 6.46. The Hall–Kier alpha value is -1.95. The van der Waals surface area contributed by atoms with Crippen LogP contribution in [0, 0.1) is 22.0 Å². The number of rotatable bonds is 2. The molecule has 3 rings (SSSR count). The standard InChI is InChI=1S/C17H23N3O3/c1-11-4-9-14-15(10-11)18-19(17(14,2)3)16(21)12-5-7-13(8-6-12)20(22)23/h5-8,11,14-15,18H,4,9-10H2,1-3H3. The molecule has 124 valence electrons. The summed E-state index contributed by atoms with van der Waals surface area (Å²) in [6.07, 6.45) is 3.40. The van der Waals surface area contributed by atoms with Crippen molar-refractivity contribution in [3.8, 4) is 0 Å². The molecular formula is C17H23N3O3. The Morgan fingerprint density at radius 1 is 1.30 bits per heavy atom. The van der Waals surface area contributed by atoms with Crippen molar-refractivity contribution in [2.75, 3.05) is 0 Å². The van der Waals surface area contributed by atoms with E-state index < -0.39 is 4.92 Å². The van der Waals surface area contributed by atoms with Crippen molar-refractivity contribution in [3.63, 3.8) is 0 Å². The van der Waals surface area contributed by atoms with Crippen molar-refractivity contribution < 1.29 is 9.72 Å². The van der Waals surface area contributed by atoms with Gasteiger partial charge in [0.25, 0.3) is 11.6 Å². The zero-order valence-electron chi connectivity index (χ0n) is 13.8. The molecule has 1 aliphatic carbocycles. The molecule has 2 fully saturated rings. The molecule has 1 aliphatic heterocycles. The maximum absolute atomic E-state index is 12.9. The van der Waals surface area contributed by atoms with E-state index in [1.807, 2.05) is 0 Å². The van der Waals surface area contributed by atoms with Crippen LogP contribution in [-0.4, -0.2) is 27.4 Å². The molecular weight excluding hydrogens is 294 g/mol. The van der Waals surface area contributed by atoms with Gasteiger partial charge >= 0.3 is 0 Å². The first-order valence-corrected chi connectivity index (χ1v) is 8.16. The molecule has 23 heavy (non-hydrogen) atoms. The number of non-ortho nitro benzene ring substituents is 1. The Morgan fingerprint density at radius 3 is 2.57 bits per heavy atom. The number of carbonyl (C=O) groups is 1. The molecule has 1 heterocycles. The number of fused-ring (bicyclic) bond motifs is 1. The lowest BCUT2D eigenvalue weighted by molar-refractivity contribution is -0.384. The first kappa shape index (κ1) is 15.9. The van der Waals surface area contributed by atoms with Gasteiger partial charge < -0.3 is 0 Å². The van der Waals surface area contributed by atoms with Crippen LogP contribution in [-0.2, 0) is 0 Å². The van der Waals surface area contributed by atoms with Gasteiger partial charge in [-0.05, 0) is 44.7 Å². The number of nitro benzene ring substituents is 1. The third kappa shape index (κ3) is 2.72. The zero-order valence-corrected chi connectivity index (χ0v) is 13.8. The second kappa shape index (κ2) is 5.60. The predicted octanol–water partition coefficient (Wildman–Crippen LogP) is 3.14. The quantitative estimate of drug-likeness (QED) is 0.671. The number of benzene rings is 1. The number of hydrogen-bond acceptors (Lipinski definition) is 4. The van der Waals surface area contributed by atoms with Gasteiger partial charge in [0.15, 0.2) is 0 Å². The Kier molecular flexibility index (Phi) is 3.88. The molecule has 1 aromatic carbocycles. The normalized spacial score (nSPS) is 29.2. The Bertz CT molecular complexity index is 626. The fraction of sp³-hybridized carbons (Fsp3) is 0.588. The molecule has 3 unspecified atom stereocenters. The number of nitro groups is 1. The van der Waals surface area contributed by atoms with Gasteiger partial charge in [0.05, 0.1) is 10.5 Å². The van der Waals surface area contributed by atoms with E-state index >= 15 is 0 Å². The van der Waals surface area contributed by atoms with Gasteiger partial charge in [-0.1, -0.05) is 13.3 Å². The summed E-state index contributed by atoms with van der Waals surface area (Å²) in [7, 11) is 0. The lowest BCUT2D eigenvalue weighted by atomic mass is 9.72. The molecule has 3 atom stereocenters. The summed E-state index contributed by atoms with van der Waals surface area (Å²) in [5.74, 6) is 1.00. The van der Waals surface area contributed by atoms with Crippen molar-refractivity contribution in [2.45, 2.75) is 51.6 Å². The van der Waals surface area contributed by atoms with Crippen LogP contribution >= 0.6 is 0 Å². The van der Waals surface area contributed by atoms with Crippen LogP contribution in [0.5, 0.6) is 0 Å². The highest BCUT2D eigenvalue weighted by Gasteiger charge is 2.51. The van der Waals surface area contributed by atoms with E-state index in [1.54, 1.807) is 5.01 Å². The van der Waals surface area contributed by atoms with E-state index in [2.05, 4.69) is 26.2 Å². The van der Waals surface area contributed by atoms with E-state index in [1.165, 1.54) is 30.7 Å². The maximum atomic E-state index is 12.9. The van der Waals surface area contributed by atoms with Crippen molar-refractivity contribution in [2.24, 2.45) is 11.8 Å². The van der Waals surface area contributed by atoms with Crippen LogP contribution in [0.3, 0.4) is 0 Å². The van der Waals surface area contributed by atoms with Crippen molar-refractivity contribution in [1.29, 1.82) is 0 Å². The molecule has 0 spiro atoms. The molecule has 1 aromatic rings. The lowest BCUT2D eigenvalue weighted by Crippen LogP contribution is -2.50. The van der Waals surface area contributed by atoms with Crippen LogP contribution in [0.2, 0.25) is 0 Å². The van der Waals surface area contributed by atoms with Gasteiger partial charge in [-0.3, -0.25) is 19.9 Å². The number of nitrogens with one attached hydrogen (secondary N) is 1. The van der Waals surface area contributed by atoms with Crippen LogP contribution < -0.4 is 5.43 Å². The van der Waals surface area contributed by atoms with Gasteiger partial charge in [-0.15, -0.1) is 0 Å². The predicted molar refractivity (Wildman–Crippen MR) is 86.8 cm³/mol. The summed E-state index contributed by atoms with van der Waals surface area (Å²) in [6, 6.07) is 6.15. The lowest BCUT2D eigenvalue weighted by Gasteiger charge is -2.37. The zero-order chi connectivity index (χ0) is 16.8. The van der Waals surface area contributed by atoms with Crippen molar-refractivity contribution >= 4 is 11.6 Å². The molecule has 1 saturated carbocycles. The van der Waals surface area contributed by atoms with Crippen LogP contribution in [0.4, 0.5) is 5.69 Å². The minimum absolute atomic E-state index is 0.00214. The number of hydrazine groups is 1. The molecule has 1 saturated heterocycles. The van der Waals surface area contributed by atoms with Gasteiger partial charge in [-0.2, -0.15) is 0 Å². The smallest absolute Gasteiger partial charge is 0.268 e. The van der Waals surface area contributed by atoms with Gasteiger partial charge in [0.1, 0.15) is 0 Å². The second-order valence-electron chi connectivity index (χ2n) is 7.36. The van der Waals surface area contributed by atoms with Crippen molar-refractivity contribution in [1.82, 2.24) is 10.4 Å². The van der Waals surface area contributed by atoms with E-state index in [4.69, 9.17) is 0 Å². The summed E-state index contributed by atoms with van der Waals surface area (Å²) >= 11 is 0. The summed E-state index contributed by atoms with van der Waals surface area (Å²) in [4.78, 5) is 23.1. The first-order chi connectivity index (χ1) is 10.8. The minimum Gasteiger partial charge on any atom is -0.268 e. The SMILES string of the molecule is CC1CCC2C(C1)NN(C(=O)c1ccc([N+](=O)[O-])cc1)C2(C)C. The van der Waals surface area contributed by atoms with Gasteiger partial charge in [-0.25, -0.2) is 5.43 Å². The van der Waals surface area contributed by atoms with E-state index in [0.717, 1.165) is 12.8 Å². The fourth-order valence-corrected chi connectivity index (χ4v) is 4.04.